The Morgan fingerprint density at radius 2 is 1.71 bits per heavy atom. The molecule has 3 heteroatoms. The Balaban J connectivity index is 1.93. The van der Waals surface area contributed by atoms with Crippen molar-refractivity contribution < 1.29 is 4.79 Å². The van der Waals surface area contributed by atoms with Crippen LogP contribution in [0.2, 0.25) is 0 Å². The highest BCUT2D eigenvalue weighted by Gasteiger charge is 2.14. The second kappa shape index (κ2) is 7.32. The first-order valence-corrected chi connectivity index (χ1v) is 8.09. The SMILES string of the molecule is CCc1ccc(NC(=O)[C@@H](C)Sc2ccc(C)cc2)cc1. The monoisotopic (exact) mass is 299 g/mol. The molecule has 0 aliphatic rings. The minimum Gasteiger partial charge on any atom is -0.325 e. The molecule has 0 saturated heterocycles. The molecule has 2 aromatic rings. The highest BCUT2D eigenvalue weighted by molar-refractivity contribution is 8.00. The smallest absolute Gasteiger partial charge is 0.237 e. The van der Waals surface area contributed by atoms with Crippen molar-refractivity contribution in [3.63, 3.8) is 0 Å². The summed E-state index contributed by atoms with van der Waals surface area (Å²) in [4.78, 5) is 13.3. The quantitative estimate of drug-likeness (QED) is 0.812. The number of aryl methyl sites for hydroxylation is 2. The predicted molar refractivity (Wildman–Crippen MR) is 90.9 cm³/mol. The van der Waals surface area contributed by atoms with Crippen molar-refractivity contribution >= 4 is 23.4 Å². The Kier molecular flexibility index (Phi) is 5.45. The molecule has 1 N–H and O–H groups in total. The molecule has 0 aliphatic carbocycles. The Labute approximate surface area is 131 Å². The third-order valence-corrected chi connectivity index (χ3v) is 4.44. The van der Waals surface area contributed by atoms with Gasteiger partial charge in [0, 0.05) is 10.6 Å². The number of anilines is 1. The maximum atomic E-state index is 12.2. The van der Waals surface area contributed by atoms with E-state index in [0.29, 0.717) is 0 Å². The number of rotatable bonds is 5. The van der Waals surface area contributed by atoms with Crippen LogP contribution in [-0.2, 0) is 11.2 Å². The van der Waals surface area contributed by atoms with Gasteiger partial charge in [0.25, 0.3) is 0 Å². The summed E-state index contributed by atoms with van der Waals surface area (Å²) in [6.07, 6.45) is 1.01. The molecule has 2 nitrogen and oxygen atoms in total. The first-order valence-electron chi connectivity index (χ1n) is 7.21. The number of amides is 1. The molecule has 0 spiro atoms. The van der Waals surface area contributed by atoms with Crippen molar-refractivity contribution in [1.82, 2.24) is 0 Å². The first kappa shape index (κ1) is 15.6. The third-order valence-electron chi connectivity index (χ3n) is 3.33. The van der Waals surface area contributed by atoms with Crippen LogP contribution in [-0.4, -0.2) is 11.2 Å². The second-order valence-electron chi connectivity index (χ2n) is 5.11. The maximum Gasteiger partial charge on any atom is 0.237 e. The zero-order valence-corrected chi connectivity index (χ0v) is 13.5. The fourth-order valence-corrected chi connectivity index (χ4v) is 2.81. The Hall–Kier alpha value is -1.74. The van der Waals surface area contributed by atoms with Crippen LogP contribution in [0.1, 0.15) is 25.0 Å². The van der Waals surface area contributed by atoms with Crippen LogP contribution in [0.15, 0.2) is 53.4 Å². The Morgan fingerprint density at radius 1 is 1.10 bits per heavy atom. The highest BCUT2D eigenvalue weighted by atomic mass is 32.2. The normalized spacial score (nSPS) is 12.0. The van der Waals surface area contributed by atoms with Gasteiger partial charge in [0.05, 0.1) is 5.25 Å². The standard InChI is InChI=1S/C18H21NOS/c1-4-15-7-9-16(10-8-15)19-18(20)14(3)21-17-11-5-13(2)6-12-17/h5-12,14H,4H2,1-3H3,(H,19,20)/t14-/m1/s1. The molecule has 0 aliphatic heterocycles. The molecule has 0 aromatic heterocycles. The van der Waals surface area contributed by atoms with Crippen LogP contribution < -0.4 is 5.32 Å². The van der Waals surface area contributed by atoms with Crippen LogP contribution in [0, 0.1) is 6.92 Å². The predicted octanol–water partition coefficient (Wildman–Crippen LogP) is 4.68. The lowest BCUT2D eigenvalue weighted by molar-refractivity contribution is -0.115. The average Bonchev–Trinajstić information content (AvgIpc) is 2.50. The van der Waals surface area contributed by atoms with Crippen molar-refractivity contribution in [2.75, 3.05) is 5.32 Å². The van der Waals surface area contributed by atoms with Gasteiger partial charge in [-0.25, -0.2) is 0 Å². The third kappa shape index (κ3) is 4.64. The van der Waals surface area contributed by atoms with E-state index in [-0.39, 0.29) is 11.2 Å². The Morgan fingerprint density at radius 3 is 2.29 bits per heavy atom. The molecule has 0 bridgehead atoms. The zero-order chi connectivity index (χ0) is 15.2. The van der Waals surface area contributed by atoms with E-state index in [2.05, 4.69) is 43.4 Å². The molecule has 0 fully saturated rings. The summed E-state index contributed by atoms with van der Waals surface area (Å²) in [5, 5.41) is 2.84. The number of carbonyl (C=O) groups is 1. The van der Waals surface area contributed by atoms with Crippen molar-refractivity contribution in [3.05, 3.63) is 59.7 Å². The van der Waals surface area contributed by atoms with Gasteiger partial charge >= 0.3 is 0 Å². The summed E-state index contributed by atoms with van der Waals surface area (Å²) in [6.45, 7) is 6.11. The van der Waals surface area contributed by atoms with Crippen molar-refractivity contribution in [1.29, 1.82) is 0 Å². The number of benzene rings is 2. The summed E-state index contributed by atoms with van der Waals surface area (Å²) in [7, 11) is 0. The molecule has 110 valence electrons. The average molecular weight is 299 g/mol. The largest absolute Gasteiger partial charge is 0.325 e. The summed E-state index contributed by atoms with van der Waals surface area (Å²) in [5.41, 5.74) is 3.36. The molecular weight excluding hydrogens is 278 g/mol. The molecule has 1 amide bonds. The van der Waals surface area contributed by atoms with E-state index >= 15 is 0 Å². The first-order chi connectivity index (χ1) is 10.1. The number of nitrogens with one attached hydrogen (secondary N) is 1. The number of hydrogen-bond donors (Lipinski definition) is 1. The number of hydrogen-bond acceptors (Lipinski definition) is 2. The van der Waals surface area contributed by atoms with Gasteiger partial charge in [-0.3, -0.25) is 4.79 Å². The maximum absolute atomic E-state index is 12.2. The van der Waals surface area contributed by atoms with Crippen LogP contribution in [0.5, 0.6) is 0 Å². The van der Waals surface area contributed by atoms with Gasteiger partial charge in [-0.1, -0.05) is 36.8 Å². The van der Waals surface area contributed by atoms with Gasteiger partial charge in [-0.2, -0.15) is 0 Å². The molecule has 0 heterocycles. The molecule has 0 radical (unpaired) electrons. The summed E-state index contributed by atoms with van der Waals surface area (Å²) < 4.78 is 0. The van der Waals surface area contributed by atoms with E-state index in [1.54, 1.807) is 11.8 Å². The lowest BCUT2D eigenvalue weighted by Gasteiger charge is -2.12. The van der Waals surface area contributed by atoms with Crippen molar-refractivity contribution in [2.45, 2.75) is 37.3 Å². The second-order valence-corrected chi connectivity index (χ2v) is 6.53. The van der Waals surface area contributed by atoms with Gasteiger partial charge < -0.3 is 5.32 Å². The van der Waals surface area contributed by atoms with E-state index < -0.39 is 0 Å². The highest BCUT2D eigenvalue weighted by Crippen LogP contribution is 2.24. The van der Waals surface area contributed by atoms with Gasteiger partial charge in [0.15, 0.2) is 0 Å². The van der Waals surface area contributed by atoms with Crippen molar-refractivity contribution in [3.8, 4) is 0 Å². The van der Waals surface area contributed by atoms with Crippen LogP contribution in [0.4, 0.5) is 5.69 Å². The van der Waals surface area contributed by atoms with E-state index in [1.165, 1.54) is 11.1 Å². The van der Waals surface area contributed by atoms with Crippen LogP contribution in [0.25, 0.3) is 0 Å². The van der Waals surface area contributed by atoms with Gasteiger partial charge in [0.2, 0.25) is 5.91 Å². The summed E-state index contributed by atoms with van der Waals surface area (Å²) in [6, 6.07) is 16.3. The molecule has 2 aromatic carbocycles. The Bertz CT molecular complexity index is 590. The molecular formula is C18H21NOS. The van der Waals surface area contributed by atoms with Gasteiger partial charge in [-0.05, 0) is 50.1 Å². The fourth-order valence-electron chi connectivity index (χ4n) is 1.94. The lowest BCUT2D eigenvalue weighted by atomic mass is 10.1. The van der Waals surface area contributed by atoms with Gasteiger partial charge in [0.1, 0.15) is 0 Å². The number of carbonyl (C=O) groups excluding carboxylic acids is 1. The number of thioether (sulfide) groups is 1. The molecule has 0 saturated carbocycles. The molecule has 1 atom stereocenters. The minimum absolute atomic E-state index is 0.0322. The topological polar surface area (TPSA) is 29.1 Å². The van der Waals surface area contributed by atoms with Gasteiger partial charge in [-0.15, -0.1) is 11.8 Å². The minimum atomic E-state index is -0.126. The molecule has 2 rings (SSSR count). The summed E-state index contributed by atoms with van der Waals surface area (Å²) >= 11 is 1.58. The molecule has 0 unspecified atom stereocenters. The van der Waals surface area contributed by atoms with Crippen LogP contribution >= 0.6 is 11.8 Å². The van der Waals surface area contributed by atoms with Crippen molar-refractivity contribution in [2.24, 2.45) is 0 Å². The van der Waals surface area contributed by atoms with E-state index in [4.69, 9.17) is 0 Å². The summed E-state index contributed by atoms with van der Waals surface area (Å²) in [5.74, 6) is 0.0322. The fraction of sp³-hybridized carbons (Fsp3) is 0.278. The van der Waals surface area contributed by atoms with Crippen LogP contribution in [0.3, 0.4) is 0 Å². The van der Waals surface area contributed by atoms with E-state index in [9.17, 15) is 4.79 Å². The zero-order valence-electron chi connectivity index (χ0n) is 12.7. The lowest BCUT2D eigenvalue weighted by Crippen LogP contribution is -2.22. The molecule has 21 heavy (non-hydrogen) atoms. The van der Waals surface area contributed by atoms with E-state index in [1.807, 2.05) is 31.2 Å². The van der Waals surface area contributed by atoms with E-state index in [0.717, 1.165) is 17.0 Å².